The molecule has 0 amide bonds. The number of hydrogen-bond donors (Lipinski definition) is 0. The van der Waals surface area contributed by atoms with Crippen molar-refractivity contribution in [3.8, 4) is 0 Å². The fraction of sp³-hybridized carbons (Fsp3) is 1.00. The van der Waals surface area contributed by atoms with Crippen molar-refractivity contribution in [3.05, 3.63) is 0 Å². The molecule has 0 aromatic carbocycles. The molecule has 0 aromatic heterocycles. The van der Waals surface area contributed by atoms with Crippen molar-refractivity contribution in [3.63, 3.8) is 0 Å². The summed E-state index contributed by atoms with van der Waals surface area (Å²) in [6.45, 7) is 6.12. The van der Waals surface area contributed by atoms with Gasteiger partial charge in [-0.3, -0.25) is 0 Å². The second kappa shape index (κ2) is 19.6. The van der Waals surface area contributed by atoms with Crippen LogP contribution in [-0.4, -0.2) is 13.2 Å². The molecular formula is C8H20I2O2Ti. The predicted octanol–water partition coefficient (Wildman–Crippen LogP) is 3.77. The molecule has 0 heterocycles. The van der Waals surface area contributed by atoms with Gasteiger partial charge in [-0.05, 0) is 0 Å². The quantitative estimate of drug-likeness (QED) is 0.319. The first-order chi connectivity index (χ1) is 5.41. The van der Waals surface area contributed by atoms with Crippen LogP contribution in [-0.2, 0) is 26.6 Å². The van der Waals surface area contributed by atoms with Crippen LogP contribution >= 0.6 is 48.0 Å². The summed E-state index contributed by atoms with van der Waals surface area (Å²) in [4.78, 5) is 0. The standard InChI is InChI=1S/2C4H9O.2HI.Ti/c2*1-2-3-4-5;;;/h2*2-4H2,1H3;2*1H;/q2*-1;;;+2. The van der Waals surface area contributed by atoms with Gasteiger partial charge in [0.05, 0.1) is 0 Å². The van der Waals surface area contributed by atoms with Crippen molar-refractivity contribution >= 4 is 48.0 Å². The third-order valence-corrected chi connectivity index (χ3v) is 2.32. The second-order valence-corrected chi connectivity index (χ2v) is 3.65. The Labute approximate surface area is 126 Å². The van der Waals surface area contributed by atoms with Crippen LogP contribution in [0.3, 0.4) is 0 Å². The van der Waals surface area contributed by atoms with Gasteiger partial charge in [0.25, 0.3) is 0 Å². The largest absolute Gasteiger partial charge is 0.107 e. The van der Waals surface area contributed by atoms with Gasteiger partial charge in [0.1, 0.15) is 0 Å². The summed E-state index contributed by atoms with van der Waals surface area (Å²) in [6.07, 6.45) is 4.75. The van der Waals surface area contributed by atoms with Crippen LogP contribution in [0.5, 0.6) is 0 Å². The summed E-state index contributed by atoms with van der Waals surface area (Å²) in [5.74, 6) is 0. The maximum atomic E-state index is 5.32. The SMILES string of the molecule is CCCC[O][Ti][O]CCCC.I.I. The first kappa shape index (κ1) is 20.5. The van der Waals surface area contributed by atoms with Crippen LogP contribution in [0.4, 0.5) is 0 Å². The van der Waals surface area contributed by atoms with Gasteiger partial charge < -0.3 is 0 Å². The van der Waals surface area contributed by atoms with Crippen LogP contribution in [0.2, 0.25) is 0 Å². The zero-order chi connectivity index (χ0) is 8.36. The molecule has 0 aliphatic carbocycles. The molecule has 0 radical (unpaired) electrons. The van der Waals surface area contributed by atoms with Crippen molar-refractivity contribution in [1.82, 2.24) is 0 Å². The zero-order valence-electron chi connectivity index (χ0n) is 8.38. The van der Waals surface area contributed by atoms with Gasteiger partial charge in [-0.15, -0.1) is 48.0 Å². The molecule has 0 aromatic rings. The van der Waals surface area contributed by atoms with E-state index in [-0.39, 0.29) is 48.0 Å². The molecule has 0 atom stereocenters. The molecular weight excluding hydrogens is 430 g/mol. The fourth-order valence-electron chi connectivity index (χ4n) is 0.558. The zero-order valence-corrected chi connectivity index (χ0v) is 14.6. The Morgan fingerprint density at radius 1 is 0.846 bits per heavy atom. The Kier molecular flexibility index (Phi) is 31.0. The molecule has 0 rings (SSSR count). The van der Waals surface area contributed by atoms with E-state index < -0.39 is 19.9 Å². The van der Waals surface area contributed by atoms with Gasteiger partial charge in [0.2, 0.25) is 0 Å². The maximum Gasteiger partial charge on any atom is -0.107 e. The van der Waals surface area contributed by atoms with Gasteiger partial charge in [0, 0.05) is 0 Å². The van der Waals surface area contributed by atoms with Crippen LogP contribution < -0.4 is 0 Å². The summed E-state index contributed by atoms with van der Waals surface area (Å²) in [5, 5.41) is 0. The molecule has 2 nitrogen and oxygen atoms in total. The first-order valence-corrected chi connectivity index (χ1v) is 5.67. The van der Waals surface area contributed by atoms with Crippen molar-refractivity contribution in [2.24, 2.45) is 0 Å². The van der Waals surface area contributed by atoms with E-state index in [4.69, 9.17) is 6.64 Å². The van der Waals surface area contributed by atoms with E-state index in [0.717, 1.165) is 13.2 Å². The van der Waals surface area contributed by atoms with Crippen LogP contribution in [0.15, 0.2) is 0 Å². The topological polar surface area (TPSA) is 18.5 Å². The summed E-state index contributed by atoms with van der Waals surface area (Å²) in [7, 11) is 0. The van der Waals surface area contributed by atoms with E-state index in [9.17, 15) is 0 Å². The van der Waals surface area contributed by atoms with Gasteiger partial charge in [-0.1, -0.05) is 0 Å². The summed E-state index contributed by atoms with van der Waals surface area (Å²) in [5.41, 5.74) is 0. The minimum absolute atomic E-state index is 0. The molecule has 0 aliphatic heterocycles. The normalized spacial score (nSPS) is 8.46. The smallest absolute Gasteiger partial charge is 0.107 e. The average Bonchev–Trinajstić information content (AvgIpc) is 2.03. The maximum absolute atomic E-state index is 5.32. The van der Waals surface area contributed by atoms with E-state index in [1.165, 1.54) is 25.7 Å². The molecule has 5 heteroatoms. The van der Waals surface area contributed by atoms with Crippen molar-refractivity contribution in [2.75, 3.05) is 13.2 Å². The number of unbranched alkanes of at least 4 members (excludes halogenated alkanes) is 2. The molecule has 0 saturated heterocycles. The van der Waals surface area contributed by atoms with Crippen LogP contribution in [0.1, 0.15) is 39.5 Å². The van der Waals surface area contributed by atoms with Crippen molar-refractivity contribution in [2.45, 2.75) is 39.5 Å². The Morgan fingerprint density at radius 2 is 1.23 bits per heavy atom. The first-order valence-electron chi connectivity index (χ1n) is 4.40. The Morgan fingerprint density at radius 3 is 1.54 bits per heavy atom. The molecule has 0 N–H and O–H groups in total. The van der Waals surface area contributed by atoms with E-state index in [1.54, 1.807) is 0 Å². The van der Waals surface area contributed by atoms with Crippen LogP contribution in [0, 0.1) is 0 Å². The fourth-order valence-corrected chi connectivity index (χ4v) is 1.40. The van der Waals surface area contributed by atoms with Crippen molar-refractivity contribution < 1.29 is 26.6 Å². The third kappa shape index (κ3) is 20.2. The predicted molar refractivity (Wildman–Crippen MR) is 72.6 cm³/mol. The molecule has 0 bridgehead atoms. The van der Waals surface area contributed by atoms with Gasteiger partial charge >= 0.3 is 79.3 Å². The molecule has 0 aliphatic rings. The molecule has 13 heavy (non-hydrogen) atoms. The summed E-state index contributed by atoms with van der Waals surface area (Å²) >= 11 is -0.519. The number of hydrogen-bond acceptors (Lipinski definition) is 2. The molecule has 0 spiro atoms. The molecule has 0 saturated carbocycles. The molecule has 82 valence electrons. The third-order valence-electron chi connectivity index (χ3n) is 1.32. The van der Waals surface area contributed by atoms with Gasteiger partial charge in [-0.25, -0.2) is 0 Å². The van der Waals surface area contributed by atoms with Gasteiger partial charge in [0.15, 0.2) is 0 Å². The van der Waals surface area contributed by atoms with Gasteiger partial charge in [-0.2, -0.15) is 0 Å². The second-order valence-electron chi connectivity index (χ2n) is 2.49. The minimum Gasteiger partial charge on any atom is -0.107 e. The van der Waals surface area contributed by atoms with E-state index in [2.05, 4.69) is 13.8 Å². The van der Waals surface area contributed by atoms with E-state index in [1.807, 2.05) is 0 Å². The summed E-state index contributed by atoms with van der Waals surface area (Å²) < 4.78 is 10.6. The average molecular weight is 450 g/mol. The Balaban J connectivity index is -0.000000500. The molecule has 0 unspecified atom stereocenters. The Hall–Kier alpha value is 2.09. The summed E-state index contributed by atoms with van der Waals surface area (Å²) in [6, 6.07) is 0. The Bertz CT molecular complexity index is 69.2. The monoisotopic (exact) mass is 450 g/mol. The number of rotatable bonds is 8. The number of halogens is 2. The van der Waals surface area contributed by atoms with E-state index >= 15 is 0 Å². The van der Waals surface area contributed by atoms with Crippen molar-refractivity contribution in [1.29, 1.82) is 0 Å². The van der Waals surface area contributed by atoms with E-state index in [0.29, 0.717) is 0 Å². The molecule has 0 fully saturated rings. The van der Waals surface area contributed by atoms with Crippen LogP contribution in [0.25, 0.3) is 0 Å². The minimum atomic E-state index is -0.519.